The maximum atomic E-state index is 13.7. The largest absolute Gasteiger partial charge is 0.416 e. The molecule has 0 saturated carbocycles. The second kappa shape index (κ2) is 8.28. The van der Waals surface area contributed by atoms with E-state index in [4.69, 9.17) is 27.9 Å². The van der Waals surface area contributed by atoms with Gasteiger partial charge in [0.1, 0.15) is 5.82 Å². The summed E-state index contributed by atoms with van der Waals surface area (Å²) in [6.07, 6.45) is 0.965. The normalized spacial score (nSPS) is 12.3. The van der Waals surface area contributed by atoms with Crippen LogP contribution < -0.4 is 4.74 Å². The Morgan fingerprint density at radius 3 is 2.63 bits per heavy atom. The number of carbonyl (C=O) groups excluding carboxylic acids is 1. The molecule has 0 atom stereocenters. The maximum absolute atomic E-state index is 13.7. The number of benzene rings is 2. The van der Waals surface area contributed by atoms with Crippen LogP contribution in [0.15, 0.2) is 36.4 Å². The maximum Gasteiger partial charge on any atom is 0.416 e. The molecule has 0 unspecified atom stereocenters. The van der Waals surface area contributed by atoms with Gasteiger partial charge in [0, 0.05) is 18.1 Å². The van der Waals surface area contributed by atoms with Gasteiger partial charge in [0.15, 0.2) is 0 Å². The Kier molecular flexibility index (Phi) is 5.71. The van der Waals surface area contributed by atoms with Crippen molar-refractivity contribution in [3.05, 3.63) is 63.5 Å². The van der Waals surface area contributed by atoms with Gasteiger partial charge in [-0.1, -0.05) is 29.3 Å². The van der Waals surface area contributed by atoms with Gasteiger partial charge in [0.2, 0.25) is 5.88 Å². The van der Waals surface area contributed by atoms with E-state index < -0.39 is 11.9 Å². The molecule has 5 nitrogen and oxygen atoms in total. The first-order valence-electron chi connectivity index (χ1n) is 9.75. The van der Waals surface area contributed by atoms with E-state index in [1.165, 1.54) is 16.8 Å². The third-order valence-corrected chi connectivity index (χ3v) is 5.76. The number of aryl methyl sites for hydroxylation is 2. The SMILES string of the molecule is CCN(CC)C(=O)Oc1c2c(nn1-c1ccc(F)c(Cl)c1)CCc1cc(Cl)ccc1-2. The molecule has 0 spiro atoms. The molecule has 1 amide bonds. The van der Waals surface area contributed by atoms with Crippen molar-refractivity contribution in [2.45, 2.75) is 26.7 Å². The summed E-state index contributed by atoms with van der Waals surface area (Å²) >= 11 is 12.2. The van der Waals surface area contributed by atoms with Crippen LogP contribution in [0.1, 0.15) is 25.1 Å². The van der Waals surface area contributed by atoms with Gasteiger partial charge in [-0.3, -0.25) is 0 Å². The number of halogens is 3. The van der Waals surface area contributed by atoms with Crippen molar-refractivity contribution in [2.75, 3.05) is 13.1 Å². The van der Waals surface area contributed by atoms with Crippen LogP contribution in [0.25, 0.3) is 16.8 Å². The van der Waals surface area contributed by atoms with Crippen molar-refractivity contribution < 1.29 is 13.9 Å². The first kappa shape index (κ1) is 20.7. The van der Waals surface area contributed by atoms with Gasteiger partial charge >= 0.3 is 6.09 Å². The molecule has 0 bridgehead atoms. The van der Waals surface area contributed by atoms with Gasteiger partial charge in [0.25, 0.3) is 0 Å². The fraction of sp³-hybridized carbons (Fsp3) is 0.273. The first-order valence-corrected chi connectivity index (χ1v) is 10.5. The van der Waals surface area contributed by atoms with E-state index in [1.807, 2.05) is 26.0 Å². The highest BCUT2D eigenvalue weighted by molar-refractivity contribution is 6.31. The van der Waals surface area contributed by atoms with Crippen LogP contribution in [-0.2, 0) is 12.8 Å². The molecule has 4 rings (SSSR count). The minimum Gasteiger partial charge on any atom is -0.390 e. The molecule has 1 heterocycles. The van der Waals surface area contributed by atoms with Gasteiger partial charge in [-0.05, 0) is 68.1 Å². The van der Waals surface area contributed by atoms with Crippen LogP contribution in [0.5, 0.6) is 5.88 Å². The zero-order chi connectivity index (χ0) is 21.4. The number of amides is 1. The smallest absolute Gasteiger partial charge is 0.390 e. The molecule has 1 aliphatic carbocycles. The average Bonchev–Trinajstić information content (AvgIpc) is 3.09. The second-order valence-electron chi connectivity index (χ2n) is 6.98. The fourth-order valence-electron chi connectivity index (χ4n) is 3.67. The Labute approximate surface area is 184 Å². The number of aromatic nitrogens is 2. The number of nitrogens with zero attached hydrogens (tertiary/aromatic N) is 3. The standard InChI is InChI=1S/C22H20Cl2FN3O2/c1-3-27(4-2)22(29)30-21-20-16-8-6-14(23)11-13(16)5-10-19(20)26-28(21)15-7-9-18(25)17(24)12-15/h6-9,11-12H,3-5,10H2,1-2H3. The minimum absolute atomic E-state index is 0.0332. The predicted molar refractivity (Wildman–Crippen MR) is 115 cm³/mol. The molecule has 0 fully saturated rings. The van der Waals surface area contributed by atoms with E-state index in [0.717, 1.165) is 28.8 Å². The van der Waals surface area contributed by atoms with E-state index in [1.54, 1.807) is 17.0 Å². The average molecular weight is 448 g/mol. The van der Waals surface area contributed by atoms with Crippen molar-refractivity contribution in [1.82, 2.24) is 14.7 Å². The van der Waals surface area contributed by atoms with Crippen LogP contribution in [0.2, 0.25) is 10.0 Å². The van der Waals surface area contributed by atoms with Crippen LogP contribution in [0, 0.1) is 5.82 Å². The van der Waals surface area contributed by atoms with Gasteiger partial charge in [0.05, 0.1) is 22.0 Å². The van der Waals surface area contributed by atoms with Crippen LogP contribution in [-0.4, -0.2) is 33.9 Å². The summed E-state index contributed by atoms with van der Waals surface area (Å²) in [6, 6.07) is 9.92. The monoisotopic (exact) mass is 447 g/mol. The van der Waals surface area contributed by atoms with E-state index in [-0.39, 0.29) is 10.9 Å². The number of carbonyl (C=O) groups is 1. The zero-order valence-corrected chi connectivity index (χ0v) is 18.1. The Morgan fingerprint density at radius 2 is 1.93 bits per heavy atom. The number of ether oxygens (including phenoxy) is 1. The zero-order valence-electron chi connectivity index (χ0n) is 16.6. The summed E-state index contributed by atoms with van der Waals surface area (Å²) < 4.78 is 21.1. The van der Waals surface area contributed by atoms with E-state index in [0.29, 0.717) is 30.2 Å². The molecule has 1 aromatic heterocycles. The van der Waals surface area contributed by atoms with Crippen LogP contribution in [0.3, 0.4) is 0 Å². The molecular weight excluding hydrogens is 428 g/mol. The lowest BCUT2D eigenvalue weighted by atomic mass is 9.90. The first-order chi connectivity index (χ1) is 14.4. The van der Waals surface area contributed by atoms with Crippen LogP contribution >= 0.6 is 23.2 Å². The summed E-state index contributed by atoms with van der Waals surface area (Å²) in [6.45, 7) is 4.80. The lowest BCUT2D eigenvalue weighted by Crippen LogP contribution is -2.33. The van der Waals surface area contributed by atoms with Gasteiger partial charge < -0.3 is 9.64 Å². The summed E-state index contributed by atoms with van der Waals surface area (Å²) in [7, 11) is 0. The Morgan fingerprint density at radius 1 is 1.17 bits per heavy atom. The highest BCUT2D eigenvalue weighted by Gasteiger charge is 2.29. The molecule has 0 saturated heterocycles. The highest BCUT2D eigenvalue weighted by Crippen LogP contribution is 2.42. The molecule has 2 aromatic carbocycles. The Hall–Kier alpha value is -2.57. The summed E-state index contributed by atoms with van der Waals surface area (Å²) in [5, 5.41) is 5.30. The topological polar surface area (TPSA) is 47.4 Å². The van der Waals surface area contributed by atoms with E-state index in [9.17, 15) is 9.18 Å². The molecular formula is C22H20Cl2FN3O2. The van der Waals surface area contributed by atoms with Crippen molar-refractivity contribution in [2.24, 2.45) is 0 Å². The quantitative estimate of drug-likeness (QED) is 0.498. The van der Waals surface area contributed by atoms with Gasteiger partial charge in [-0.2, -0.15) is 9.78 Å². The minimum atomic E-state index is -0.529. The van der Waals surface area contributed by atoms with Crippen molar-refractivity contribution in [1.29, 1.82) is 0 Å². The number of fused-ring (bicyclic) bond motifs is 3. The fourth-order valence-corrected chi connectivity index (χ4v) is 4.04. The van der Waals surface area contributed by atoms with Crippen molar-refractivity contribution in [3.8, 4) is 22.7 Å². The van der Waals surface area contributed by atoms with Crippen molar-refractivity contribution in [3.63, 3.8) is 0 Å². The Balaban J connectivity index is 1.90. The van der Waals surface area contributed by atoms with Crippen molar-refractivity contribution >= 4 is 29.3 Å². The lowest BCUT2D eigenvalue weighted by Gasteiger charge is -2.20. The number of rotatable bonds is 4. The number of hydrogen-bond donors (Lipinski definition) is 0. The highest BCUT2D eigenvalue weighted by atomic mass is 35.5. The van der Waals surface area contributed by atoms with Crippen LogP contribution in [0.4, 0.5) is 9.18 Å². The molecule has 30 heavy (non-hydrogen) atoms. The molecule has 156 valence electrons. The Bertz CT molecular complexity index is 1130. The second-order valence-corrected chi connectivity index (χ2v) is 7.82. The van der Waals surface area contributed by atoms with Gasteiger partial charge in [-0.25, -0.2) is 9.18 Å². The summed E-state index contributed by atoms with van der Waals surface area (Å²) in [4.78, 5) is 14.4. The lowest BCUT2D eigenvalue weighted by molar-refractivity contribution is 0.154. The van der Waals surface area contributed by atoms with E-state index in [2.05, 4.69) is 5.10 Å². The predicted octanol–water partition coefficient (Wildman–Crippen LogP) is 5.92. The van der Waals surface area contributed by atoms with E-state index >= 15 is 0 Å². The number of hydrogen-bond acceptors (Lipinski definition) is 3. The molecule has 1 aliphatic rings. The molecule has 0 aliphatic heterocycles. The third kappa shape index (κ3) is 3.66. The third-order valence-electron chi connectivity index (χ3n) is 5.24. The van der Waals surface area contributed by atoms with Gasteiger partial charge in [-0.15, -0.1) is 0 Å². The molecule has 0 radical (unpaired) electrons. The summed E-state index contributed by atoms with van der Waals surface area (Å²) in [5.41, 5.74) is 4.03. The molecule has 3 aromatic rings. The summed E-state index contributed by atoms with van der Waals surface area (Å²) in [5.74, 6) is -0.244. The molecule has 8 heteroatoms. The molecule has 0 N–H and O–H groups in total.